The Morgan fingerprint density at radius 3 is 2.15 bits per heavy atom. The fourth-order valence-electron chi connectivity index (χ4n) is 1.33. The number of nitrogens with one attached hydrogen (secondary N) is 2. The summed E-state index contributed by atoms with van der Waals surface area (Å²) < 4.78 is 26.5. The Hall–Kier alpha value is -2.13. The van der Waals surface area contributed by atoms with Crippen LogP contribution in [0.15, 0.2) is 24.3 Å². The predicted octanol–water partition coefficient (Wildman–Crippen LogP) is 0.318. The van der Waals surface area contributed by atoms with Gasteiger partial charge >= 0.3 is 16.2 Å². The number of aliphatic carboxylic acids is 1. The Morgan fingerprint density at radius 2 is 1.70 bits per heavy atom. The number of amides is 1. The zero-order chi connectivity index (χ0) is 15.3. The monoisotopic (exact) mass is 301 g/mol. The number of carboxylic acids is 1. The highest BCUT2D eigenvalue weighted by atomic mass is 32.2. The third kappa shape index (κ3) is 4.86. The fraction of sp³-hybridized carbons (Fsp3) is 0.273. The molecule has 0 saturated heterocycles. The highest BCUT2D eigenvalue weighted by Crippen LogP contribution is 2.15. The van der Waals surface area contributed by atoms with E-state index >= 15 is 0 Å². The molecule has 0 bridgehead atoms. The summed E-state index contributed by atoms with van der Waals surface area (Å²) in [6.07, 6.45) is 0. The lowest BCUT2D eigenvalue weighted by Crippen LogP contribution is -2.36. The van der Waals surface area contributed by atoms with Crippen molar-refractivity contribution in [2.45, 2.75) is 6.92 Å². The molecule has 0 fully saturated rings. The Balaban J connectivity index is 2.77. The van der Waals surface area contributed by atoms with Crippen molar-refractivity contribution >= 4 is 33.5 Å². The Kier molecular flexibility index (Phi) is 5.06. The maximum atomic E-state index is 11.8. The van der Waals surface area contributed by atoms with Gasteiger partial charge in [-0.2, -0.15) is 12.7 Å². The van der Waals surface area contributed by atoms with Gasteiger partial charge in [0, 0.05) is 25.3 Å². The molecule has 9 heteroatoms. The second kappa shape index (κ2) is 6.35. The van der Waals surface area contributed by atoms with E-state index in [1.54, 1.807) is 0 Å². The average Bonchev–Trinajstić information content (AvgIpc) is 2.29. The van der Waals surface area contributed by atoms with Gasteiger partial charge in [0.25, 0.3) is 0 Å². The molecule has 0 atom stereocenters. The van der Waals surface area contributed by atoms with Gasteiger partial charge in [-0.3, -0.25) is 14.3 Å². The quantitative estimate of drug-likeness (QED) is 0.699. The summed E-state index contributed by atoms with van der Waals surface area (Å²) in [5.74, 6) is -1.49. The molecule has 0 saturated carbocycles. The molecule has 0 aliphatic carbocycles. The maximum absolute atomic E-state index is 11.8. The number of carbonyl (C=O) groups is 2. The van der Waals surface area contributed by atoms with Crippen molar-refractivity contribution in [1.29, 1.82) is 0 Å². The Morgan fingerprint density at radius 1 is 1.20 bits per heavy atom. The van der Waals surface area contributed by atoms with Gasteiger partial charge in [0.2, 0.25) is 5.91 Å². The summed E-state index contributed by atoms with van der Waals surface area (Å²) in [5.41, 5.74) is 0.788. The molecule has 0 unspecified atom stereocenters. The largest absolute Gasteiger partial charge is 0.480 e. The van der Waals surface area contributed by atoms with Crippen molar-refractivity contribution in [3.8, 4) is 0 Å². The minimum Gasteiger partial charge on any atom is -0.480 e. The molecule has 110 valence electrons. The summed E-state index contributed by atoms with van der Waals surface area (Å²) >= 11 is 0. The van der Waals surface area contributed by atoms with E-state index in [9.17, 15) is 18.0 Å². The smallest absolute Gasteiger partial charge is 0.318 e. The van der Waals surface area contributed by atoms with Crippen LogP contribution in [0.4, 0.5) is 11.4 Å². The van der Waals surface area contributed by atoms with Crippen LogP contribution in [0, 0.1) is 0 Å². The lowest BCUT2D eigenvalue weighted by atomic mass is 10.3. The molecule has 1 aromatic rings. The van der Waals surface area contributed by atoms with E-state index in [4.69, 9.17) is 5.11 Å². The number of carbonyl (C=O) groups excluding carboxylic acids is 1. The molecule has 0 aliphatic rings. The Bertz CT molecular complexity index is 597. The predicted molar refractivity (Wildman–Crippen MR) is 73.6 cm³/mol. The highest BCUT2D eigenvalue weighted by Gasteiger charge is 2.19. The molecule has 1 aromatic carbocycles. The number of rotatable bonds is 6. The van der Waals surface area contributed by atoms with Crippen LogP contribution in [0.5, 0.6) is 0 Å². The summed E-state index contributed by atoms with van der Waals surface area (Å²) in [5, 5.41) is 11.1. The first-order chi connectivity index (χ1) is 9.20. The minimum atomic E-state index is -3.93. The van der Waals surface area contributed by atoms with E-state index in [-0.39, 0.29) is 11.6 Å². The minimum absolute atomic E-state index is 0.237. The van der Waals surface area contributed by atoms with E-state index < -0.39 is 22.7 Å². The number of benzene rings is 1. The van der Waals surface area contributed by atoms with E-state index in [1.165, 1.54) is 31.2 Å². The van der Waals surface area contributed by atoms with Crippen LogP contribution in [-0.2, 0) is 19.8 Å². The van der Waals surface area contributed by atoms with Crippen LogP contribution in [0.25, 0.3) is 0 Å². The summed E-state index contributed by atoms with van der Waals surface area (Å²) in [4.78, 5) is 21.3. The van der Waals surface area contributed by atoms with Crippen LogP contribution in [-0.4, -0.2) is 43.3 Å². The number of hydrogen-bond acceptors (Lipinski definition) is 4. The molecule has 3 N–H and O–H groups in total. The number of nitrogens with zero attached hydrogens (tertiary/aromatic N) is 1. The first kappa shape index (κ1) is 15.9. The third-order valence-corrected chi connectivity index (χ3v) is 3.66. The van der Waals surface area contributed by atoms with E-state index in [0.717, 1.165) is 7.05 Å². The van der Waals surface area contributed by atoms with Gasteiger partial charge in [-0.15, -0.1) is 0 Å². The normalized spacial score (nSPS) is 11.2. The fourth-order valence-corrected chi connectivity index (χ4v) is 2.20. The van der Waals surface area contributed by atoms with Gasteiger partial charge in [-0.25, -0.2) is 0 Å². The molecular formula is C11H15N3O5S. The van der Waals surface area contributed by atoms with E-state index in [1.807, 2.05) is 0 Å². The molecule has 0 spiro atoms. The molecule has 8 nitrogen and oxygen atoms in total. The third-order valence-electron chi connectivity index (χ3n) is 2.22. The topological polar surface area (TPSA) is 116 Å². The standard InChI is InChI=1S/C11H15N3O5S/c1-8(15)12-9-3-5-10(6-4-9)13-20(18,19)14(2)7-11(16)17/h3-6,13H,7H2,1-2H3,(H,12,15)(H,16,17). The molecule has 0 radical (unpaired) electrons. The SMILES string of the molecule is CC(=O)Nc1ccc(NS(=O)(=O)N(C)CC(=O)O)cc1. The van der Waals surface area contributed by atoms with Gasteiger partial charge in [0.1, 0.15) is 6.54 Å². The van der Waals surface area contributed by atoms with Crippen molar-refractivity contribution in [1.82, 2.24) is 4.31 Å². The summed E-state index contributed by atoms with van der Waals surface area (Å²) in [6, 6.07) is 5.96. The second-order valence-electron chi connectivity index (χ2n) is 4.02. The second-order valence-corrected chi connectivity index (χ2v) is 5.79. The number of carboxylic acid groups (broad SMARTS) is 1. The highest BCUT2D eigenvalue weighted by molar-refractivity contribution is 7.90. The van der Waals surface area contributed by atoms with Crippen LogP contribution in [0.2, 0.25) is 0 Å². The Labute approximate surface area is 116 Å². The molecule has 1 amide bonds. The number of hydrogen-bond donors (Lipinski definition) is 3. The van der Waals surface area contributed by atoms with Crippen LogP contribution in [0.1, 0.15) is 6.92 Å². The summed E-state index contributed by atoms with van der Waals surface area (Å²) in [7, 11) is -2.77. The number of likely N-dealkylation sites (N-methyl/N-ethyl adjacent to an activating group) is 1. The van der Waals surface area contributed by atoms with Crippen LogP contribution >= 0.6 is 0 Å². The molecule has 0 aliphatic heterocycles. The first-order valence-corrected chi connectivity index (χ1v) is 6.98. The maximum Gasteiger partial charge on any atom is 0.318 e. The number of anilines is 2. The van der Waals surface area contributed by atoms with Gasteiger partial charge in [0.15, 0.2) is 0 Å². The van der Waals surface area contributed by atoms with Gasteiger partial charge < -0.3 is 10.4 Å². The molecule has 1 rings (SSSR count). The zero-order valence-electron chi connectivity index (χ0n) is 11.0. The summed E-state index contributed by atoms with van der Waals surface area (Å²) in [6.45, 7) is 0.719. The van der Waals surface area contributed by atoms with E-state index in [2.05, 4.69) is 10.0 Å². The molecular weight excluding hydrogens is 286 g/mol. The van der Waals surface area contributed by atoms with Crippen molar-refractivity contribution in [2.75, 3.05) is 23.6 Å². The van der Waals surface area contributed by atoms with Gasteiger partial charge in [0.05, 0.1) is 0 Å². The molecule has 0 aromatic heterocycles. The van der Waals surface area contributed by atoms with Gasteiger partial charge in [-0.1, -0.05) is 0 Å². The van der Waals surface area contributed by atoms with Crippen molar-refractivity contribution in [2.24, 2.45) is 0 Å². The lowest BCUT2D eigenvalue weighted by Gasteiger charge is -2.16. The van der Waals surface area contributed by atoms with E-state index in [0.29, 0.717) is 9.99 Å². The van der Waals surface area contributed by atoms with Gasteiger partial charge in [-0.05, 0) is 24.3 Å². The molecule has 20 heavy (non-hydrogen) atoms. The van der Waals surface area contributed by atoms with Crippen LogP contribution in [0.3, 0.4) is 0 Å². The lowest BCUT2D eigenvalue weighted by molar-refractivity contribution is -0.137. The molecule has 0 heterocycles. The van der Waals surface area contributed by atoms with Crippen molar-refractivity contribution < 1.29 is 23.1 Å². The zero-order valence-corrected chi connectivity index (χ0v) is 11.8. The average molecular weight is 301 g/mol. The van der Waals surface area contributed by atoms with Crippen LogP contribution < -0.4 is 10.0 Å². The van der Waals surface area contributed by atoms with Crippen molar-refractivity contribution in [3.63, 3.8) is 0 Å². The first-order valence-electron chi connectivity index (χ1n) is 5.54. The van der Waals surface area contributed by atoms with Crippen molar-refractivity contribution in [3.05, 3.63) is 24.3 Å².